The first kappa shape index (κ1) is 17.6. The standard InChI is InChI=1S/C18H34N2O2/c1-18(2,3)22-17(21)20(4)16-11-9-15(10-12-16)19-13-14-7-5-6-8-14/h14-16,19H,5-13H2,1-4H3. The maximum atomic E-state index is 12.1. The third-order valence-electron chi connectivity index (χ3n) is 5.10. The van der Waals surface area contributed by atoms with Crippen LogP contribution in [0, 0.1) is 5.92 Å². The quantitative estimate of drug-likeness (QED) is 0.855. The van der Waals surface area contributed by atoms with Crippen molar-refractivity contribution >= 4 is 6.09 Å². The van der Waals surface area contributed by atoms with Gasteiger partial charge in [0, 0.05) is 19.1 Å². The lowest BCUT2D eigenvalue weighted by molar-refractivity contribution is 0.0179. The van der Waals surface area contributed by atoms with Gasteiger partial charge in [0.2, 0.25) is 0 Å². The summed E-state index contributed by atoms with van der Waals surface area (Å²) in [4.78, 5) is 13.9. The molecule has 2 aliphatic rings. The molecule has 0 radical (unpaired) electrons. The summed E-state index contributed by atoms with van der Waals surface area (Å²) < 4.78 is 5.47. The zero-order chi connectivity index (χ0) is 16.2. The summed E-state index contributed by atoms with van der Waals surface area (Å²) in [7, 11) is 1.88. The van der Waals surface area contributed by atoms with Gasteiger partial charge in [0.15, 0.2) is 0 Å². The van der Waals surface area contributed by atoms with Crippen molar-refractivity contribution in [1.29, 1.82) is 0 Å². The van der Waals surface area contributed by atoms with Gasteiger partial charge < -0.3 is 15.0 Å². The molecule has 2 fully saturated rings. The summed E-state index contributed by atoms with van der Waals surface area (Å²) in [5.41, 5.74) is -0.411. The van der Waals surface area contributed by atoms with E-state index in [0.29, 0.717) is 12.1 Å². The first-order valence-corrected chi connectivity index (χ1v) is 9.04. The van der Waals surface area contributed by atoms with Crippen molar-refractivity contribution < 1.29 is 9.53 Å². The maximum absolute atomic E-state index is 12.1. The molecular formula is C18H34N2O2. The highest BCUT2D eigenvalue weighted by Crippen LogP contribution is 2.26. The Labute approximate surface area is 136 Å². The molecule has 0 aromatic carbocycles. The average molecular weight is 310 g/mol. The molecule has 1 N–H and O–H groups in total. The number of nitrogens with one attached hydrogen (secondary N) is 1. The molecular weight excluding hydrogens is 276 g/mol. The van der Waals surface area contributed by atoms with Crippen LogP contribution in [-0.4, -0.2) is 42.3 Å². The number of carbonyl (C=O) groups excluding carboxylic acids is 1. The zero-order valence-electron chi connectivity index (χ0n) is 14.9. The van der Waals surface area contributed by atoms with Crippen LogP contribution in [0.2, 0.25) is 0 Å². The molecule has 1 amide bonds. The van der Waals surface area contributed by atoms with Crippen molar-refractivity contribution in [3.63, 3.8) is 0 Å². The maximum Gasteiger partial charge on any atom is 0.410 e. The molecule has 128 valence electrons. The molecule has 0 bridgehead atoms. The Morgan fingerprint density at radius 3 is 2.23 bits per heavy atom. The molecule has 0 saturated heterocycles. The van der Waals surface area contributed by atoms with Gasteiger partial charge in [-0.2, -0.15) is 0 Å². The minimum atomic E-state index is -0.411. The summed E-state index contributed by atoms with van der Waals surface area (Å²) in [6.45, 7) is 6.95. The molecule has 4 nitrogen and oxygen atoms in total. The molecule has 2 aliphatic carbocycles. The van der Waals surface area contributed by atoms with Crippen molar-refractivity contribution in [2.75, 3.05) is 13.6 Å². The fraction of sp³-hybridized carbons (Fsp3) is 0.944. The predicted octanol–water partition coefficient (Wildman–Crippen LogP) is 3.94. The van der Waals surface area contributed by atoms with Crippen LogP contribution >= 0.6 is 0 Å². The SMILES string of the molecule is CN(C(=O)OC(C)(C)C)C1CCC(NCC2CCCC2)CC1. The van der Waals surface area contributed by atoms with E-state index in [1.165, 1.54) is 45.1 Å². The van der Waals surface area contributed by atoms with Gasteiger partial charge >= 0.3 is 6.09 Å². The highest BCUT2D eigenvalue weighted by Gasteiger charge is 2.29. The van der Waals surface area contributed by atoms with E-state index in [4.69, 9.17) is 4.74 Å². The van der Waals surface area contributed by atoms with Crippen LogP contribution < -0.4 is 5.32 Å². The molecule has 0 aromatic rings. The normalized spacial score (nSPS) is 26.9. The second-order valence-corrected chi connectivity index (χ2v) is 8.16. The molecule has 0 atom stereocenters. The number of rotatable bonds is 4. The highest BCUT2D eigenvalue weighted by atomic mass is 16.6. The molecule has 2 saturated carbocycles. The molecule has 0 spiro atoms. The first-order valence-electron chi connectivity index (χ1n) is 9.04. The summed E-state index contributed by atoms with van der Waals surface area (Å²) in [6, 6.07) is 0.975. The zero-order valence-corrected chi connectivity index (χ0v) is 14.9. The molecule has 2 rings (SSSR count). The van der Waals surface area contributed by atoms with E-state index in [0.717, 1.165) is 18.8 Å². The molecule has 0 unspecified atom stereocenters. The second kappa shape index (κ2) is 7.67. The van der Waals surface area contributed by atoms with E-state index < -0.39 is 5.60 Å². The van der Waals surface area contributed by atoms with Crippen molar-refractivity contribution in [2.45, 2.75) is 89.8 Å². The number of amides is 1. The fourth-order valence-corrected chi connectivity index (χ4v) is 3.70. The molecule has 0 aliphatic heterocycles. The van der Waals surface area contributed by atoms with Crippen molar-refractivity contribution in [3.8, 4) is 0 Å². The van der Waals surface area contributed by atoms with Gasteiger partial charge in [0.25, 0.3) is 0 Å². The summed E-state index contributed by atoms with van der Waals surface area (Å²) >= 11 is 0. The van der Waals surface area contributed by atoms with Crippen LogP contribution in [0.4, 0.5) is 4.79 Å². The molecule has 22 heavy (non-hydrogen) atoms. The van der Waals surface area contributed by atoms with Gasteiger partial charge in [-0.25, -0.2) is 4.79 Å². The van der Waals surface area contributed by atoms with Crippen LogP contribution in [0.5, 0.6) is 0 Å². The predicted molar refractivity (Wildman–Crippen MR) is 90.0 cm³/mol. The summed E-state index contributed by atoms with van der Waals surface area (Å²) in [6.07, 6.45) is 9.97. The monoisotopic (exact) mass is 310 g/mol. The lowest BCUT2D eigenvalue weighted by Crippen LogP contribution is -2.45. The van der Waals surface area contributed by atoms with E-state index in [1.54, 1.807) is 4.90 Å². The van der Waals surface area contributed by atoms with E-state index in [1.807, 2.05) is 27.8 Å². The van der Waals surface area contributed by atoms with Crippen LogP contribution in [-0.2, 0) is 4.74 Å². The fourth-order valence-electron chi connectivity index (χ4n) is 3.70. The Morgan fingerprint density at radius 2 is 1.68 bits per heavy atom. The third-order valence-corrected chi connectivity index (χ3v) is 5.10. The van der Waals surface area contributed by atoms with Crippen LogP contribution in [0.1, 0.15) is 72.1 Å². The van der Waals surface area contributed by atoms with E-state index in [-0.39, 0.29) is 6.09 Å². The van der Waals surface area contributed by atoms with Crippen LogP contribution in [0.3, 0.4) is 0 Å². The first-order chi connectivity index (χ1) is 10.3. The van der Waals surface area contributed by atoms with Gasteiger partial charge in [0.1, 0.15) is 5.60 Å². The number of hydrogen-bond donors (Lipinski definition) is 1. The number of hydrogen-bond acceptors (Lipinski definition) is 3. The van der Waals surface area contributed by atoms with Gasteiger partial charge in [-0.15, -0.1) is 0 Å². The Balaban J connectivity index is 1.68. The van der Waals surface area contributed by atoms with Crippen LogP contribution in [0.15, 0.2) is 0 Å². The van der Waals surface area contributed by atoms with Gasteiger partial charge in [-0.3, -0.25) is 0 Å². The van der Waals surface area contributed by atoms with Crippen molar-refractivity contribution in [1.82, 2.24) is 10.2 Å². The van der Waals surface area contributed by atoms with E-state index in [2.05, 4.69) is 5.32 Å². The van der Waals surface area contributed by atoms with Crippen molar-refractivity contribution in [2.24, 2.45) is 5.92 Å². The Bertz CT molecular complexity index is 351. The lowest BCUT2D eigenvalue weighted by atomic mass is 9.90. The van der Waals surface area contributed by atoms with Crippen molar-refractivity contribution in [3.05, 3.63) is 0 Å². The van der Waals surface area contributed by atoms with Gasteiger partial charge in [0.05, 0.1) is 0 Å². The largest absolute Gasteiger partial charge is 0.444 e. The van der Waals surface area contributed by atoms with Crippen LogP contribution in [0.25, 0.3) is 0 Å². The molecule has 4 heteroatoms. The highest BCUT2D eigenvalue weighted by molar-refractivity contribution is 5.68. The minimum Gasteiger partial charge on any atom is -0.444 e. The van der Waals surface area contributed by atoms with Gasteiger partial charge in [-0.1, -0.05) is 12.8 Å². The summed E-state index contributed by atoms with van der Waals surface area (Å²) in [5, 5.41) is 3.76. The van der Waals surface area contributed by atoms with E-state index >= 15 is 0 Å². The molecule has 0 aromatic heterocycles. The topological polar surface area (TPSA) is 41.6 Å². The Morgan fingerprint density at radius 1 is 1.09 bits per heavy atom. The Hall–Kier alpha value is -0.770. The van der Waals surface area contributed by atoms with Gasteiger partial charge in [-0.05, 0) is 71.8 Å². The number of ether oxygens (including phenoxy) is 1. The Kier molecular flexibility index (Phi) is 6.13. The lowest BCUT2D eigenvalue weighted by Gasteiger charge is -2.36. The van der Waals surface area contributed by atoms with E-state index in [9.17, 15) is 4.79 Å². The minimum absolute atomic E-state index is 0.185. The smallest absolute Gasteiger partial charge is 0.410 e. The summed E-state index contributed by atoms with van der Waals surface area (Å²) in [5.74, 6) is 0.905. The number of nitrogens with zero attached hydrogens (tertiary/aromatic N) is 1. The number of carbonyl (C=O) groups is 1. The second-order valence-electron chi connectivity index (χ2n) is 8.16. The molecule has 0 heterocycles. The average Bonchev–Trinajstić information content (AvgIpc) is 2.96. The third kappa shape index (κ3) is 5.45.